The molecular weight excluding hydrogens is 268 g/mol. The zero-order valence-corrected chi connectivity index (χ0v) is 9.71. The Morgan fingerprint density at radius 1 is 1.31 bits per heavy atom. The number of rotatable bonds is 2. The molecular formula is C9H5BrOS2. The molecule has 0 saturated carbocycles. The van der Waals surface area contributed by atoms with Gasteiger partial charge in [0.15, 0.2) is 0 Å². The molecule has 0 aliphatic heterocycles. The molecule has 0 N–H and O–H groups in total. The number of carbonyl (C=O) groups excluding carboxylic acids is 1. The molecule has 2 rings (SSSR count). The van der Waals surface area contributed by atoms with Crippen molar-refractivity contribution in [1.29, 1.82) is 0 Å². The van der Waals surface area contributed by atoms with Crippen LogP contribution in [-0.4, -0.2) is 5.78 Å². The highest BCUT2D eigenvalue weighted by Gasteiger charge is 2.10. The van der Waals surface area contributed by atoms with Gasteiger partial charge in [0, 0.05) is 10.9 Å². The van der Waals surface area contributed by atoms with E-state index in [1.807, 2.05) is 29.0 Å². The molecule has 13 heavy (non-hydrogen) atoms. The topological polar surface area (TPSA) is 17.1 Å². The quantitative estimate of drug-likeness (QED) is 0.760. The lowest BCUT2D eigenvalue weighted by Gasteiger charge is -1.90. The van der Waals surface area contributed by atoms with E-state index >= 15 is 0 Å². The summed E-state index contributed by atoms with van der Waals surface area (Å²) in [6, 6.07) is 5.58. The van der Waals surface area contributed by atoms with E-state index in [-0.39, 0.29) is 5.78 Å². The monoisotopic (exact) mass is 272 g/mol. The molecule has 0 aromatic carbocycles. The van der Waals surface area contributed by atoms with Crippen molar-refractivity contribution >= 4 is 44.4 Å². The fourth-order valence-corrected chi connectivity index (χ4v) is 2.96. The van der Waals surface area contributed by atoms with Crippen molar-refractivity contribution in [3.8, 4) is 0 Å². The summed E-state index contributed by atoms with van der Waals surface area (Å²) >= 11 is 6.34. The lowest BCUT2D eigenvalue weighted by atomic mass is 10.2. The van der Waals surface area contributed by atoms with Crippen molar-refractivity contribution in [3.05, 3.63) is 43.2 Å². The molecule has 2 aromatic rings. The Bertz CT molecular complexity index is 417. The summed E-state index contributed by atoms with van der Waals surface area (Å²) in [5, 5.41) is 3.78. The van der Waals surface area contributed by atoms with Gasteiger partial charge in [-0.15, -0.1) is 11.3 Å². The lowest BCUT2D eigenvalue weighted by molar-refractivity contribution is 0.104. The average molecular weight is 273 g/mol. The third kappa shape index (κ3) is 1.90. The molecule has 0 saturated heterocycles. The first-order valence-electron chi connectivity index (χ1n) is 3.59. The summed E-state index contributed by atoms with van der Waals surface area (Å²) in [7, 11) is 0. The highest BCUT2D eigenvalue weighted by molar-refractivity contribution is 9.11. The Labute approximate surface area is 92.2 Å². The van der Waals surface area contributed by atoms with E-state index in [1.165, 1.54) is 11.3 Å². The third-order valence-corrected chi connectivity index (χ3v) is 3.89. The van der Waals surface area contributed by atoms with E-state index in [1.54, 1.807) is 11.3 Å². The Kier molecular flexibility index (Phi) is 2.62. The minimum absolute atomic E-state index is 0.108. The predicted octanol–water partition coefficient (Wildman–Crippen LogP) is 3.80. The van der Waals surface area contributed by atoms with Crippen molar-refractivity contribution in [2.75, 3.05) is 0 Å². The molecule has 4 heteroatoms. The van der Waals surface area contributed by atoms with Gasteiger partial charge in [0.1, 0.15) is 0 Å². The van der Waals surface area contributed by atoms with Crippen LogP contribution in [0, 0.1) is 0 Å². The largest absolute Gasteiger partial charge is 0.288 e. The minimum atomic E-state index is 0.108. The van der Waals surface area contributed by atoms with E-state index in [2.05, 4.69) is 15.9 Å². The summed E-state index contributed by atoms with van der Waals surface area (Å²) in [5.74, 6) is 0.108. The summed E-state index contributed by atoms with van der Waals surface area (Å²) in [5.41, 5.74) is 0.777. The Hall–Kier alpha value is -0.450. The second-order valence-electron chi connectivity index (χ2n) is 2.44. The Morgan fingerprint density at radius 3 is 2.69 bits per heavy atom. The van der Waals surface area contributed by atoms with Crippen LogP contribution in [0.2, 0.25) is 0 Å². The molecule has 0 aliphatic carbocycles. The standard InChI is InChI=1S/C9H5BrOS2/c10-8-2-1-7(13-8)9(11)6-3-4-12-5-6/h1-5H. The summed E-state index contributed by atoms with van der Waals surface area (Å²) in [6.45, 7) is 0. The van der Waals surface area contributed by atoms with Gasteiger partial charge in [0.25, 0.3) is 0 Å². The first-order valence-corrected chi connectivity index (χ1v) is 6.15. The van der Waals surface area contributed by atoms with Crippen LogP contribution in [0.15, 0.2) is 32.7 Å². The van der Waals surface area contributed by atoms with Crippen LogP contribution < -0.4 is 0 Å². The molecule has 0 spiro atoms. The van der Waals surface area contributed by atoms with Crippen LogP contribution >= 0.6 is 38.6 Å². The first kappa shape index (κ1) is 9.12. The number of thiophene rings is 2. The molecule has 0 aliphatic rings. The molecule has 1 nitrogen and oxygen atoms in total. The van der Waals surface area contributed by atoms with E-state index in [9.17, 15) is 4.79 Å². The lowest BCUT2D eigenvalue weighted by Crippen LogP contribution is -1.94. The van der Waals surface area contributed by atoms with Crippen molar-refractivity contribution in [3.63, 3.8) is 0 Å². The summed E-state index contributed by atoms with van der Waals surface area (Å²) < 4.78 is 0.992. The Morgan fingerprint density at radius 2 is 2.15 bits per heavy atom. The van der Waals surface area contributed by atoms with Gasteiger partial charge in [-0.05, 0) is 39.5 Å². The molecule has 0 amide bonds. The van der Waals surface area contributed by atoms with Crippen LogP contribution in [0.5, 0.6) is 0 Å². The average Bonchev–Trinajstić information content (AvgIpc) is 2.72. The third-order valence-electron chi connectivity index (χ3n) is 1.58. The molecule has 0 atom stereocenters. The van der Waals surface area contributed by atoms with Crippen molar-refractivity contribution in [2.45, 2.75) is 0 Å². The van der Waals surface area contributed by atoms with E-state index in [0.29, 0.717) is 0 Å². The van der Waals surface area contributed by atoms with Gasteiger partial charge < -0.3 is 0 Å². The highest BCUT2D eigenvalue weighted by Crippen LogP contribution is 2.24. The zero-order chi connectivity index (χ0) is 9.26. The van der Waals surface area contributed by atoms with Crippen molar-refractivity contribution in [1.82, 2.24) is 0 Å². The van der Waals surface area contributed by atoms with E-state index in [4.69, 9.17) is 0 Å². The van der Waals surface area contributed by atoms with Crippen LogP contribution in [-0.2, 0) is 0 Å². The molecule has 0 bridgehead atoms. The number of hydrogen-bond donors (Lipinski definition) is 0. The maximum absolute atomic E-state index is 11.7. The van der Waals surface area contributed by atoms with Gasteiger partial charge in [-0.2, -0.15) is 11.3 Å². The molecule has 0 fully saturated rings. The minimum Gasteiger partial charge on any atom is -0.288 e. The summed E-state index contributed by atoms with van der Waals surface area (Å²) in [4.78, 5) is 12.5. The zero-order valence-electron chi connectivity index (χ0n) is 6.49. The van der Waals surface area contributed by atoms with Gasteiger partial charge >= 0.3 is 0 Å². The number of carbonyl (C=O) groups is 1. The van der Waals surface area contributed by atoms with Gasteiger partial charge in [0.2, 0.25) is 5.78 Å². The van der Waals surface area contributed by atoms with Gasteiger partial charge in [-0.3, -0.25) is 4.79 Å². The molecule has 2 heterocycles. The molecule has 66 valence electrons. The summed E-state index contributed by atoms with van der Waals surface area (Å²) in [6.07, 6.45) is 0. The SMILES string of the molecule is O=C(c1ccsc1)c1ccc(Br)s1. The van der Waals surface area contributed by atoms with Gasteiger partial charge in [-0.25, -0.2) is 0 Å². The number of halogens is 1. The molecule has 2 aromatic heterocycles. The first-order chi connectivity index (χ1) is 6.27. The second kappa shape index (κ2) is 3.74. The predicted molar refractivity (Wildman–Crippen MR) is 59.8 cm³/mol. The number of ketones is 1. The van der Waals surface area contributed by atoms with Crippen molar-refractivity contribution in [2.24, 2.45) is 0 Å². The van der Waals surface area contributed by atoms with Crippen LogP contribution in [0.25, 0.3) is 0 Å². The molecule has 0 radical (unpaired) electrons. The normalized spacial score (nSPS) is 10.2. The van der Waals surface area contributed by atoms with Crippen LogP contribution in [0.3, 0.4) is 0 Å². The van der Waals surface area contributed by atoms with Gasteiger partial charge in [-0.1, -0.05) is 0 Å². The van der Waals surface area contributed by atoms with Crippen LogP contribution in [0.4, 0.5) is 0 Å². The van der Waals surface area contributed by atoms with Crippen LogP contribution in [0.1, 0.15) is 15.2 Å². The highest BCUT2D eigenvalue weighted by atomic mass is 79.9. The number of hydrogen-bond acceptors (Lipinski definition) is 3. The fourth-order valence-electron chi connectivity index (χ4n) is 0.972. The Balaban J connectivity index is 2.33. The van der Waals surface area contributed by atoms with Crippen molar-refractivity contribution < 1.29 is 4.79 Å². The van der Waals surface area contributed by atoms with E-state index in [0.717, 1.165) is 14.2 Å². The van der Waals surface area contributed by atoms with Gasteiger partial charge in [0.05, 0.1) is 8.66 Å². The smallest absolute Gasteiger partial charge is 0.203 e. The molecule has 0 unspecified atom stereocenters. The van der Waals surface area contributed by atoms with E-state index < -0.39 is 0 Å². The maximum atomic E-state index is 11.7. The fraction of sp³-hybridized carbons (Fsp3) is 0. The maximum Gasteiger partial charge on any atom is 0.203 e. The second-order valence-corrected chi connectivity index (χ2v) is 5.69.